The molecule has 0 amide bonds. The van der Waals surface area contributed by atoms with E-state index in [1.165, 1.54) is 7.11 Å². The first-order valence-electron chi connectivity index (χ1n) is 3.82. The molecular weight excluding hydrogens is 174 g/mol. The quantitative estimate of drug-likeness (QED) is 0.379. The summed E-state index contributed by atoms with van der Waals surface area (Å²) in [5, 5.41) is 2.25. The molecule has 0 spiro atoms. The molecule has 0 aliphatic heterocycles. The van der Waals surface area contributed by atoms with Crippen LogP contribution >= 0.6 is 12.2 Å². The molecule has 0 aromatic carbocycles. The van der Waals surface area contributed by atoms with Crippen molar-refractivity contribution in [3.63, 3.8) is 0 Å². The van der Waals surface area contributed by atoms with Gasteiger partial charge in [-0.05, 0) is 37.9 Å². The molecule has 1 atom stereocenters. The minimum atomic E-state index is -0.781. The fourth-order valence-corrected chi connectivity index (χ4v) is 1.44. The van der Waals surface area contributed by atoms with E-state index in [0.717, 1.165) is 12.8 Å². The molecule has 1 aliphatic rings. The molecule has 0 radical (unpaired) electrons. The first-order valence-corrected chi connectivity index (χ1v) is 4.23. The molecule has 1 fully saturated rings. The third-order valence-electron chi connectivity index (χ3n) is 2.25. The SMILES string of the molecule is COC(=O)C(C)(N=C=S)C1CC1. The molecule has 1 rings (SSSR count). The van der Waals surface area contributed by atoms with Crippen molar-refractivity contribution in [3.05, 3.63) is 0 Å². The summed E-state index contributed by atoms with van der Waals surface area (Å²) in [4.78, 5) is 15.2. The largest absolute Gasteiger partial charge is 0.467 e. The van der Waals surface area contributed by atoms with Crippen molar-refractivity contribution in [1.82, 2.24) is 0 Å². The summed E-state index contributed by atoms with van der Waals surface area (Å²) in [5.41, 5.74) is -0.781. The van der Waals surface area contributed by atoms with E-state index >= 15 is 0 Å². The van der Waals surface area contributed by atoms with Crippen LogP contribution < -0.4 is 0 Å². The Kier molecular flexibility index (Phi) is 2.60. The number of carbonyl (C=O) groups is 1. The number of methoxy groups -OCH3 is 1. The second-order valence-corrected chi connectivity index (χ2v) is 3.30. The Bertz CT molecular complexity index is 243. The van der Waals surface area contributed by atoms with Gasteiger partial charge in [-0.3, -0.25) is 0 Å². The van der Waals surface area contributed by atoms with Crippen molar-refractivity contribution in [2.24, 2.45) is 10.9 Å². The van der Waals surface area contributed by atoms with E-state index in [9.17, 15) is 4.79 Å². The maximum atomic E-state index is 11.3. The van der Waals surface area contributed by atoms with Crippen LogP contribution in [0.4, 0.5) is 0 Å². The number of nitrogens with zero attached hydrogens (tertiary/aromatic N) is 1. The number of isothiocyanates is 1. The monoisotopic (exact) mass is 185 g/mol. The molecule has 1 aliphatic carbocycles. The van der Waals surface area contributed by atoms with E-state index < -0.39 is 5.54 Å². The standard InChI is InChI=1S/C8H11NO2S/c1-8(9-5-12,6-3-4-6)7(10)11-2/h6H,3-4H2,1-2H3. The van der Waals surface area contributed by atoms with Crippen molar-refractivity contribution >= 4 is 23.3 Å². The predicted octanol–water partition coefficient (Wildman–Crippen LogP) is 1.43. The van der Waals surface area contributed by atoms with E-state index in [4.69, 9.17) is 0 Å². The van der Waals surface area contributed by atoms with Gasteiger partial charge in [0.2, 0.25) is 0 Å². The van der Waals surface area contributed by atoms with Gasteiger partial charge in [0.05, 0.1) is 12.3 Å². The maximum Gasteiger partial charge on any atom is 0.334 e. The molecule has 0 aromatic heterocycles. The van der Waals surface area contributed by atoms with Crippen LogP contribution in [-0.2, 0) is 9.53 Å². The van der Waals surface area contributed by atoms with Gasteiger partial charge in [0.15, 0.2) is 5.54 Å². The molecule has 0 N–H and O–H groups in total. The predicted molar refractivity (Wildman–Crippen MR) is 48.2 cm³/mol. The van der Waals surface area contributed by atoms with Gasteiger partial charge in [-0.25, -0.2) is 9.79 Å². The van der Waals surface area contributed by atoms with Gasteiger partial charge >= 0.3 is 5.97 Å². The van der Waals surface area contributed by atoms with E-state index in [-0.39, 0.29) is 5.97 Å². The van der Waals surface area contributed by atoms with Gasteiger partial charge < -0.3 is 4.74 Å². The van der Waals surface area contributed by atoms with Gasteiger partial charge in [-0.15, -0.1) is 0 Å². The Morgan fingerprint density at radius 2 is 2.33 bits per heavy atom. The molecule has 0 saturated heterocycles. The molecule has 1 saturated carbocycles. The summed E-state index contributed by atoms with van der Waals surface area (Å²) in [5.74, 6) is -0.0252. The summed E-state index contributed by atoms with van der Waals surface area (Å²) < 4.78 is 4.65. The molecule has 0 aromatic rings. The lowest BCUT2D eigenvalue weighted by molar-refractivity contribution is -0.147. The van der Waals surface area contributed by atoms with E-state index in [1.807, 2.05) is 0 Å². The highest BCUT2D eigenvalue weighted by molar-refractivity contribution is 7.78. The zero-order chi connectivity index (χ0) is 9.19. The highest BCUT2D eigenvalue weighted by Gasteiger charge is 2.48. The van der Waals surface area contributed by atoms with Crippen molar-refractivity contribution in [2.75, 3.05) is 7.11 Å². The number of ether oxygens (including phenoxy) is 1. The first kappa shape index (κ1) is 9.36. The number of esters is 1. The lowest BCUT2D eigenvalue weighted by Crippen LogP contribution is -2.36. The van der Waals surface area contributed by atoms with E-state index in [1.54, 1.807) is 6.92 Å². The van der Waals surface area contributed by atoms with E-state index in [2.05, 4.69) is 27.1 Å². The Hall–Kier alpha value is -0.730. The molecule has 0 heterocycles. The molecule has 4 heteroatoms. The summed E-state index contributed by atoms with van der Waals surface area (Å²) in [6.07, 6.45) is 2.04. The Balaban J connectivity index is 2.84. The fourth-order valence-electron chi connectivity index (χ4n) is 1.25. The summed E-state index contributed by atoms with van der Waals surface area (Å²) in [6.45, 7) is 1.75. The smallest absolute Gasteiger partial charge is 0.334 e. The average molecular weight is 185 g/mol. The normalized spacial score (nSPS) is 20.5. The van der Waals surface area contributed by atoms with Crippen LogP contribution in [0.1, 0.15) is 19.8 Å². The van der Waals surface area contributed by atoms with Crippen molar-refractivity contribution in [2.45, 2.75) is 25.3 Å². The highest BCUT2D eigenvalue weighted by Crippen LogP contribution is 2.42. The molecule has 12 heavy (non-hydrogen) atoms. The minimum absolute atomic E-state index is 0.292. The number of carbonyl (C=O) groups excluding carboxylic acids is 1. The number of aliphatic imine (C=N–C) groups is 1. The topological polar surface area (TPSA) is 38.7 Å². The van der Waals surface area contributed by atoms with Crippen LogP contribution in [0.3, 0.4) is 0 Å². The van der Waals surface area contributed by atoms with Gasteiger partial charge in [0.25, 0.3) is 0 Å². The summed E-state index contributed by atoms with van der Waals surface area (Å²) in [6, 6.07) is 0. The Morgan fingerprint density at radius 1 is 1.75 bits per heavy atom. The average Bonchev–Trinajstić information content (AvgIpc) is 2.85. The van der Waals surface area contributed by atoms with Crippen molar-refractivity contribution in [1.29, 1.82) is 0 Å². The number of rotatable bonds is 3. The minimum Gasteiger partial charge on any atom is -0.467 e. The third-order valence-corrected chi connectivity index (χ3v) is 2.34. The van der Waals surface area contributed by atoms with Gasteiger partial charge in [-0.2, -0.15) is 0 Å². The molecular formula is C8H11NO2S. The van der Waals surface area contributed by atoms with Crippen LogP contribution in [0, 0.1) is 5.92 Å². The van der Waals surface area contributed by atoms with Crippen LogP contribution in [0.2, 0.25) is 0 Å². The zero-order valence-electron chi connectivity index (χ0n) is 7.16. The fraction of sp³-hybridized carbons (Fsp3) is 0.750. The highest BCUT2D eigenvalue weighted by atomic mass is 32.1. The van der Waals surface area contributed by atoms with Crippen molar-refractivity contribution in [3.8, 4) is 0 Å². The van der Waals surface area contributed by atoms with Gasteiger partial charge in [-0.1, -0.05) is 0 Å². The van der Waals surface area contributed by atoms with Gasteiger partial charge in [0.1, 0.15) is 0 Å². The molecule has 0 bridgehead atoms. The first-order chi connectivity index (χ1) is 5.65. The number of thiocarbonyl (C=S) groups is 1. The van der Waals surface area contributed by atoms with E-state index in [0.29, 0.717) is 5.92 Å². The second kappa shape index (κ2) is 3.33. The molecule has 3 nitrogen and oxygen atoms in total. The number of hydrogen-bond donors (Lipinski definition) is 0. The van der Waals surface area contributed by atoms with Gasteiger partial charge in [0, 0.05) is 0 Å². The van der Waals surface area contributed by atoms with Crippen LogP contribution in [0.25, 0.3) is 0 Å². The van der Waals surface area contributed by atoms with Crippen LogP contribution in [-0.4, -0.2) is 23.8 Å². The molecule has 66 valence electrons. The summed E-state index contributed by atoms with van der Waals surface area (Å²) in [7, 11) is 1.36. The number of hydrogen-bond acceptors (Lipinski definition) is 4. The Labute approximate surface area is 76.8 Å². The lowest BCUT2D eigenvalue weighted by atomic mass is 9.97. The molecule has 1 unspecified atom stereocenters. The van der Waals surface area contributed by atoms with Crippen molar-refractivity contribution < 1.29 is 9.53 Å². The Morgan fingerprint density at radius 3 is 2.67 bits per heavy atom. The maximum absolute atomic E-state index is 11.3. The lowest BCUT2D eigenvalue weighted by Gasteiger charge is -2.19. The third kappa shape index (κ3) is 1.54. The second-order valence-electron chi connectivity index (χ2n) is 3.12. The zero-order valence-corrected chi connectivity index (χ0v) is 7.98. The van der Waals surface area contributed by atoms with Crippen LogP contribution in [0.5, 0.6) is 0 Å². The van der Waals surface area contributed by atoms with Crippen LogP contribution in [0.15, 0.2) is 4.99 Å². The summed E-state index contributed by atoms with van der Waals surface area (Å²) >= 11 is 4.49.